The topological polar surface area (TPSA) is 75.5 Å². The maximum absolute atomic E-state index is 13.2. The first-order valence-corrected chi connectivity index (χ1v) is 12.9. The van der Waals surface area contributed by atoms with E-state index in [0.29, 0.717) is 48.4 Å². The van der Waals surface area contributed by atoms with Crippen molar-refractivity contribution in [3.63, 3.8) is 0 Å². The van der Waals surface area contributed by atoms with Crippen LogP contribution < -0.4 is 5.56 Å². The van der Waals surface area contributed by atoms with E-state index in [-0.39, 0.29) is 23.9 Å². The Kier molecular flexibility index (Phi) is 6.30. The summed E-state index contributed by atoms with van der Waals surface area (Å²) in [6.45, 7) is 3.97. The molecule has 0 atom stereocenters. The van der Waals surface area contributed by atoms with Gasteiger partial charge in [0.1, 0.15) is 11.4 Å². The number of hydrogen-bond donors (Lipinski definition) is 0. The van der Waals surface area contributed by atoms with Crippen LogP contribution >= 0.6 is 22.7 Å². The molecule has 1 saturated heterocycles. The van der Waals surface area contributed by atoms with Crippen LogP contribution in [0.1, 0.15) is 22.3 Å². The Bertz CT molecular complexity index is 1410. The highest BCUT2D eigenvalue weighted by atomic mass is 32.1. The van der Waals surface area contributed by atoms with E-state index in [4.69, 9.17) is 0 Å². The molecule has 174 valence electrons. The summed E-state index contributed by atoms with van der Waals surface area (Å²) in [4.78, 5) is 48.9. The van der Waals surface area contributed by atoms with Gasteiger partial charge < -0.3 is 9.80 Å². The maximum Gasteiger partial charge on any atom is 0.263 e. The Morgan fingerprint density at radius 1 is 1.03 bits per heavy atom. The number of benzene rings is 1. The number of fused-ring (bicyclic) bond motifs is 1. The molecule has 0 aliphatic carbocycles. The van der Waals surface area contributed by atoms with Crippen molar-refractivity contribution in [2.75, 3.05) is 26.2 Å². The van der Waals surface area contributed by atoms with Crippen molar-refractivity contribution in [1.82, 2.24) is 19.4 Å². The molecule has 1 fully saturated rings. The quantitative estimate of drug-likeness (QED) is 0.433. The fourth-order valence-corrected chi connectivity index (χ4v) is 5.99. The summed E-state index contributed by atoms with van der Waals surface area (Å²) in [5.74, 6) is -0.150. The molecule has 34 heavy (non-hydrogen) atoms. The first-order chi connectivity index (χ1) is 16.5. The molecule has 1 aliphatic rings. The van der Waals surface area contributed by atoms with Gasteiger partial charge in [0.2, 0.25) is 5.91 Å². The lowest BCUT2D eigenvalue weighted by atomic mass is 10.1. The Morgan fingerprint density at radius 3 is 2.65 bits per heavy atom. The van der Waals surface area contributed by atoms with Crippen LogP contribution in [0, 0.1) is 6.92 Å². The minimum Gasteiger partial charge on any atom is -0.339 e. The lowest BCUT2D eigenvalue weighted by Gasteiger charge is -2.22. The normalized spacial score (nSPS) is 14.4. The average molecular weight is 493 g/mol. The SMILES string of the molecule is Cc1cccc(C(=O)N2CCCN(C(=O)Cn3cnc4scc(-c5cccs5)c4c3=O)CC2)c1. The molecular formula is C25H24N4O3S2. The van der Waals surface area contributed by atoms with E-state index in [9.17, 15) is 14.4 Å². The average Bonchev–Trinajstić information content (AvgIpc) is 3.45. The Morgan fingerprint density at radius 2 is 1.85 bits per heavy atom. The van der Waals surface area contributed by atoms with Crippen molar-refractivity contribution >= 4 is 44.7 Å². The van der Waals surface area contributed by atoms with Gasteiger partial charge in [-0.15, -0.1) is 22.7 Å². The fraction of sp³-hybridized carbons (Fsp3) is 0.280. The molecule has 0 unspecified atom stereocenters. The van der Waals surface area contributed by atoms with Gasteiger partial charge in [-0.3, -0.25) is 19.0 Å². The van der Waals surface area contributed by atoms with Crippen LogP contribution in [0.2, 0.25) is 0 Å². The number of amides is 2. The number of aromatic nitrogens is 2. The van der Waals surface area contributed by atoms with Gasteiger partial charge in [0.15, 0.2) is 0 Å². The number of nitrogens with zero attached hydrogens (tertiary/aromatic N) is 4. The highest BCUT2D eigenvalue weighted by molar-refractivity contribution is 7.18. The van der Waals surface area contributed by atoms with Crippen LogP contribution in [0.3, 0.4) is 0 Å². The smallest absolute Gasteiger partial charge is 0.263 e. The lowest BCUT2D eigenvalue weighted by molar-refractivity contribution is -0.131. The molecule has 9 heteroatoms. The number of hydrogen-bond acceptors (Lipinski definition) is 6. The molecule has 0 saturated carbocycles. The van der Waals surface area contributed by atoms with Crippen LogP contribution in [0.25, 0.3) is 20.7 Å². The summed E-state index contributed by atoms with van der Waals surface area (Å²) >= 11 is 3.01. The third-order valence-electron chi connectivity index (χ3n) is 6.05. The molecule has 0 N–H and O–H groups in total. The molecule has 5 rings (SSSR count). The second kappa shape index (κ2) is 9.52. The van der Waals surface area contributed by atoms with E-state index in [0.717, 1.165) is 16.0 Å². The summed E-state index contributed by atoms with van der Waals surface area (Å²) in [7, 11) is 0. The predicted octanol–water partition coefficient (Wildman–Crippen LogP) is 3.87. The van der Waals surface area contributed by atoms with E-state index in [2.05, 4.69) is 4.98 Å². The number of carbonyl (C=O) groups excluding carboxylic acids is 2. The zero-order chi connectivity index (χ0) is 23.7. The molecule has 1 aliphatic heterocycles. The first-order valence-electron chi connectivity index (χ1n) is 11.2. The fourth-order valence-electron chi connectivity index (χ4n) is 4.27. The molecule has 4 aromatic rings. The highest BCUT2D eigenvalue weighted by Gasteiger charge is 2.24. The van der Waals surface area contributed by atoms with Crippen LogP contribution in [0.15, 0.2) is 58.3 Å². The molecule has 7 nitrogen and oxygen atoms in total. The van der Waals surface area contributed by atoms with Crippen molar-refractivity contribution in [3.05, 3.63) is 75.0 Å². The van der Waals surface area contributed by atoms with Gasteiger partial charge in [-0.1, -0.05) is 23.8 Å². The zero-order valence-corrected chi connectivity index (χ0v) is 20.4. The standard InChI is InChI=1S/C25H24N4O3S2/c1-17-5-2-6-18(13-17)24(31)28-9-4-8-27(10-11-28)21(30)14-29-16-26-23-22(25(29)32)19(15-34-23)20-7-3-12-33-20/h2-3,5-7,12-13,15-16H,4,8-11,14H2,1H3. The summed E-state index contributed by atoms with van der Waals surface area (Å²) in [6.07, 6.45) is 2.16. The molecule has 4 heterocycles. The lowest BCUT2D eigenvalue weighted by Crippen LogP contribution is -2.40. The van der Waals surface area contributed by atoms with Crippen LogP contribution in [0.4, 0.5) is 0 Å². The molecule has 0 radical (unpaired) electrons. The summed E-state index contributed by atoms with van der Waals surface area (Å²) in [5.41, 5.74) is 2.38. The zero-order valence-electron chi connectivity index (χ0n) is 18.8. The van der Waals surface area contributed by atoms with Gasteiger partial charge in [-0.05, 0) is 36.9 Å². The van der Waals surface area contributed by atoms with Crippen molar-refractivity contribution < 1.29 is 9.59 Å². The second-order valence-corrected chi connectivity index (χ2v) is 10.2. The summed E-state index contributed by atoms with van der Waals surface area (Å²) in [5, 5.41) is 4.49. The van der Waals surface area contributed by atoms with Crippen molar-refractivity contribution in [2.24, 2.45) is 0 Å². The van der Waals surface area contributed by atoms with Crippen molar-refractivity contribution in [3.8, 4) is 10.4 Å². The molecule has 2 amide bonds. The van der Waals surface area contributed by atoms with E-state index in [1.165, 1.54) is 22.2 Å². The van der Waals surface area contributed by atoms with E-state index < -0.39 is 0 Å². The Labute approximate surface area is 204 Å². The number of thiophene rings is 2. The first kappa shape index (κ1) is 22.5. The molecular weight excluding hydrogens is 468 g/mol. The van der Waals surface area contributed by atoms with E-state index in [1.54, 1.807) is 21.1 Å². The molecule has 3 aromatic heterocycles. The Hall–Kier alpha value is -3.30. The number of carbonyl (C=O) groups is 2. The largest absolute Gasteiger partial charge is 0.339 e. The maximum atomic E-state index is 13.2. The number of aryl methyl sites for hydroxylation is 1. The highest BCUT2D eigenvalue weighted by Crippen LogP contribution is 2.33. The predicted molar refractivity (Wildman–Crippen MR) is 135 cm³/mol. The van der Waals surface area contributed by atoms with Crippen molar-refractivity contribution in [1.29, 1.82) is 0 Å². The van der Waals surface area contributed by atoms with Crippen LogP contribution in [-0.4, -0.2) is 57.3 Å². The van der Waals surface area contributed by atoms with Gasteiger partial charge in [-0.2, -0.15) is 0 Å². The molecule has 1 aromatic carbocycles. The minimum absolute atomic E-state index is 0.0116. The van der Waals surface area contributed by atoms with Gasteiger partial charge >= 0.3 is 0 Å². The minimum atomic E-state index is -0.200. The van der Waals surface area contributed by atoms with Gasteiger partial charge in [0.25, 0.3) is 11.5 Å². The monoisotopic (exact) mass is 492 g/mol. The third kappa shape index (κ3) is 4.41. The summed E-state index contributed by atoms with van der Waals surface area (Å²) in [6, 6.07) is 11.5. The van der Waals surface area contributed by atoms with Gasteiger partial charge in [-0.25, -0.2) is 4.98 Å². The third-order valence-corrected chi connectivity index (χ3v) is 7.84. The number of rotatable bonds is 4. The van der Waals surface area contributed by atoms with E-state index in [1.807, 2.05) is 54.1 Å². The van der Waals surface area contributed by atoms with Crippen molar-refractivity contribution in [2.45, 2.75) is 19.9 Å². The van der Waals surface area contributed by atoms with E-state index >= 15 is 0 Å². The molecule has 0 bridgehead atoms. The Balaban J connectivity index is 1.30. The van der Waals surface area contributed by atoms with Gasteiger partial charge in [0, 0.05) is 47.6 Å². The molecule has 0 spiro atoms. The van der Waals surface area contributed by atoms with Gasteiger partial charge in [0.05, 0.1) is 11.7 Å². The summed E-state index contributed by atoms with van der Waals surface area (Å²) < 4.78 is 1.40. The second-order valence-electron chi connectivity index (χ2n) is 8.38. The van der Waals surface area contributed by atoms with Crippen LogP contribution in [-0.2, 0) is 11.3 Å². The van der Waals surface area contributed by atoms with Crippen LogP contribution in [0.5, 0.6) is 0 Å².